The van der Waals surface area contributed by atoms with Crippen LogP contribution in [0.25, 0.3) is 0 Å². The molecule has 0 radical (unpaired) electrons. The summed E-state index contributed by atoms with van der Waals surface area (Å²) in [5.74, 6) is 0.0786. The lowest BCUT2D eigenvalue weighted by atomic mass is 10.0. The maximum Gasteiger partial charge on any atom is 0.123 e. The minimum Gasteiger partial charge on any atom is -0.396 e. The van der Waals surface area contributed by atoms with Crippen LogP contribution in [0, 0.1) is 11.2 Å². The lowest BCUT2D eigenvalue weighted by molar-refractivity contribution is 0.211. The molecule has 2 nitrogen and oxygen atoms in total. The van der Waals surface area contributed by atoms with E-state index < -0.39 is 0 Å². The molecule has 3 heteroatoms. The number of nitrogens with two attached hydrogens (primary N) is 1. The van der Waals surface area contributed by atoms with Crippen molar-refractivity contribution in [3.8, 4) is 0 Å². The second-order valence-electron chi connectivity index (χ2n) is 4.03. The van der Waals surface area contributed by atoms with Gasteiger partial charge in [0.2, 0.25) is 0 Å². The lowest BCUT2D eigenvalue weighted by Gasteiger charge is -2.10. The molecular formula is C11H14FNO. The summed E-state index contributed by atoms with van der Waals surface area (Å²) in [6, 6.07) is 6.44. The van der Waals surface area contributed by atoms with Crippen LogP contribution in [0.3, 0.4) is 0 Å². The number of aliphatic hydroxyl groups excluding tert-OH is 1. The SMILES string of the molecule is NC[C@@]1(CO)C[C@H]1c1ccc(F)cc1. The third-order valence-electron chi connectivity index (χ3n) is 3.18. The minimum absolute atomic E-state index is 0.117. The second kappa shape index (κ2) is 3.33. The van der Waals surface area contributed by atoms with E-state index in [2.05, 4.69) is 0 Å². The van der Waals surface area contributed by atoms with Gasteiger partial charge in [-0.3, -0.25) is 0 Å². The number of hydrogen-bond acceptors (Lipinski definition) is 2. The van der Waals surface area contributed by atoms with E-state index in [9.17, 15) is 9.50 Å². The molecular weight excluding hydrogens is 181 g/mol. The summed E-state index contributed by atoms with van der Waals surface area (Å²) in [4.78, 5) is 0. The average molecular weight is 195 g/mol. The third-order valence-corrected chi connectivity index (χ3v) is 3.18. The Morgan fingerprint density at radius 1 is 1.43 bits per heavy atom. The number of halogens is 1. The van der Waals surface area contributed by atoms with E-state index in [4.69, 9.17) is 5.73 Å². The first-order valence-electron chi connectivity index (χ1n) is 4.78. The van der Waals surface area contributed by atoms with Crippen LogP contribution >= 0.6 is 0 Å². The largest absolute Gasteiger partial charge is 0.396 e. The van der Waals surface area contributed by atoms with Gasteiger partial charge in [-0.05, 0) is 30.0 Å². The first kappa shape index (κ1) is 9.62. The highest BCUT2D eigenvalue weighted by molar-refractivity contribution is 5.30. The minimum atomic E-state index is -0.225. The van der Waals surface area contributed by atoms with Gasteiger partial charge in [-0.1, -0.05) is 12.1 Å². The zero-order chi connectivity index (χ0) is 10.2. The van der Waals surface area contributed by atoms with Crippen molar-refractivity contribution in [3.63, 3.8) is 0 Å². The molecule has 1 aliphatic carbocycles. The van der Waals surface area contributed by atoms with Gasteiger partial charge in [-0.2, -0.15) is 0 Å². The zero-order valence-corrected chi connectivity index (χ0v) is 7.91. The Morgan fingerprint density at radius 3 is 2.50 bits per heavy atom. The van der Waals surface area contributed by atoms with Gasteiger partial charge in [0.05, 0.1) is 6.61 Å². The highest BCUT2D eigenvalue weighted by Crippen LogP contribution is 2.58. The van der Waals surface area contributed by atoms with E-state index in [1.807, 2.05) is 0 Å². The Hall–Kier alpha value is -0.930. The van der Waals surface area contributed by atoms with Crippen molar-refractivity contribution >= 4 is 0 Å². The Bertz CT molecular complexity index is 319. The van der Waals surface area contributed by atoms with Crippen LogP contribution in [0.2, 0.25) is 0 Å². The predicted octanol–water partition coefficient (Wildman–Crippen LogP) is 1.25. The zero-order valence-electron chi connectivity index (χ0n) is 7.91. The molecule has 1 aromatic rings. The topological polar surface area (TPSA) is 46.2 Å². The smallest absolute Gasteiger partial charge is 0.123 e. The summed E-state index contributed by atoms with van der Waals surface area (Å²) in [5.41, 5.74) is 6.54. The van der Waals surface area contributed by atoms with Crippen molar-refractivity contribution in [2.75, 3.05) is 13.2 Å². The van der Waals surface area contributed by atoms with Crippen molar-refractivity contribution in [2.24, 2.45) is 11.1 Å². The fraction of sp³-hybridized carbons (Fsp3) is 0.455. The van der Waals surface area contributed by atoms with Crippen LogP contribution in [0.1, 0.15) is 17.9 Å². The maximum atomic E-state index is 12.7. The predicted molar refractivity (Wildman–Crippen MR) is 52.3 cm³/mol. The third kappa shape index (κ3) is 1.42. The fourth-order valence-corrected chi connectivity index (χ4v) is 1.98. The van der Waals surface area contributed by atoms with E-state index in [-0.39, 0.29) is 17.8 Å². The highest BCUT2D eigenvalue weighted by atomic mass is 19.1. The summed E-state index contributed by atoms with van der Waals surface area (Å²) in [5, 5.41) is 9.19. The van der Waals surface area contributed by atoms with Crippen molar-refractivity contribution < 1.29 is 9.50 Å². The van der Waals surface area contributed by atoms with Gasteiger partial charge >= 0.3 is 0 Å². The molecule has 1 saturated carbocycles. The lowest BCUT2D eigenvalue weighted by Crippen LogP contribution is -2.21. The molecule has 3 N–H and O–H groups in total. The van der Waals surface area contributed by atoms with Gasteiger partial charge < -0.3 is 10.8 Å². The van der Waals surface area contributed by atoms with Gasteiger partial charge in [0.1, 0.15) is 5.82 Å². The fourth-order valence-electron chi connectivity index (χ4n) is 1.98. The van der Waals surface area contributed by atoms with Crippen molar-refractivity contribution in [1.82, 2.24) is 0 Å². The van der Waals surface area contributed by atoms with Crippen LogP contribution in [-0.4, -0.2) is 18.3 Å². The van der Waals surface area contributed by atoms with Gasteiger partial charge in [0.15, 0.2) is 0 Å². The average Bonchev–Trinajstić information content (AvgIpc) is 2.94. The standard InChI is InChI=1S/C11H14FNO/c12-9-3-1-8(2-4-9)10-5-11(10,6-13)7-14/h1-4,10,14H,5-7,13H2/t10-,11+/m0/s1. The van der Waals surface area contributed by atoms with Gasteiger partial charge in [-0.15, -0.1) is 0 Å². The van der Waals surface area contributed by atoms with E-state index >= 15 is 0 Å². The first-order chi connectivity index (χ1) is 6.72. The van der Waals surface area contributed by atoms with E-state index in [1.165, 1.54) is 12.1 Å². The Morgan fingerprint density at radius 2 is 2.07 bits per heavy atom. The van der Waals surface area contributed by atoms with Gasteiger partial charge in [-0.25, -0.2) is 4.39 Å². The molecule has 0 aromatic heterocycles. The van der Waals surface area contributed by atoms with Crippen molar-refractivity contribution in [2.45, 2.75) is 12.3 Å². The summed E-state index contributed by atoms with van der Waals surface area (Å²) in [7, 11) is 0. The molecule has 1 aromatic carbocycles. The summed E-state index contributed by atoms with van der Waals surface area (Å²) in [6.07, 6.45) is 0.908. The molecule has 0 saturated heterocycles. The van der Waals surface area contributed by atoms with Crippen molar-refractivity contribution in [3.05, 3.63) is 35.6 Å². The molecule has 0 heterocycles. The normalized spacial score (nSPS) is 30.4. The molecule has 0 aliphatic heterocycles. The van der Waals surface area contributed by atoms with Gasteiger partial charge in [0, 0.05) is 12.0 Å². The number of hydrogen-bond donors (Lipinski definition) is 2. The van der Waals surface area contributed by atoms with E-state index in [0.717, 1.165) is 12.0 Å². The number of aliphatic hydroxyl groups is 1. The first-order valence-corrected chi connectivity index (χ1v) is 4.78. The van der Waals surface area contributed by atoms with Gasteiger partial charge in [0.25, 0.3) is 0 Å². The molecule has 1 aliphatic rings. The second-order valence-corrected chi connectivity index (χ2v) is 4.03. The summed E-state index contributed by atoms with van der Waals surface area (Å²) < 4.78 is 12.7. The monoisotopic (exact) mass is 195 g/mol. The van der Waals surface area contributed by atoms with Crippen LogP contribution < -0.4 is 5.73 Å². The Kier molecular flexibility index (Phi) is 2.29. The number of benzene rings is 1. The summed E-state index contributed by atoms with van der Waals surface area (Å²) >= 11 is 0. The molecule has 2 atom stereocenters. The van der Waals surface area contributed by atoms with Crippen LogP contribution in [0.15, 0.2) is 24.3 Å². The van der Waals surface area contributed by atoms with Crippen LogP contribution in [0.5, 0.6) is 0 Å². The maximum absolute atomic E-state index is 12.7. The Balaban J connectivity index is 2.16. The molecule has 1 fully saturated rings. The molecule has 76 valence electrons. The molecule has 14 heavy (non-hydrogen) atoms. The van der Waals surface area contributed by atoms with E-state index in [0.29, 0.717) is 12.5 Å². The van der Waals surface area contributed by atoms with E-state index in [1.54, 1.807) is 12.1 Å². The quantitative estimate of drug-likeness (QED) is 0.762. The number of rotatable bonds is 3. The molecule has 0 bridgehead atoms. The summed E-state index contributed by atoms with van der Waals surface area (Å²) in [6.45, 7) is 0.608. The van der Waals surface area contributed by atoms with Crippen molar-refractivity contribution in [1.29, 1.82) is 0 Å². The van der Waals surface area contributed by atoms with Crippen LogP contribution in [-0.2, 0) is 0 Å². The molecule has 0 amide bonds. The molecule has 2 rings (SSSR count). The van der Waals surface area contributed by atoms with Crippen LogP contribution in [0.4, 0.5) is 4.39 Å². The molecule has 0 unspecified atom stereocenters. The molecule has 0 spiro atoms. The Labute approximate surface area is 82.5 Å². The highest BCUT2D eigenvalue weighted by Gasteiger charge is 2.53.